The van der Waals surface area contributed by atoms with Gasteiger partial charge in [0.1, 0.15) is 25.4 Å². The summed E-state index contributed by atoms with van der Waals surface area (Å²) in [5, 5.41) is 11.2. The summed E-state index contributed by atoms with van der Waals surface area (Å²) in [7, 11) is 1.57. The van der Waals surface area contributed by atoms with Crippen molar-refractivity contribution in [1.82, 2.24) is 5.32 Å². The van der Waals surface area contributed by atoms with Crippen LogP contribution in [0.5, 0.6) is 17.2 Å². The van der Waals surface area contributed by atoms with Crippen LogP contribution in [0.1, 0.15) is 17.5 Å². The van der Waals surface area contributed by atoms with Crippen molar-refractivity contribution in [1.29, 1.82) is 5.26 Å². The molecule has 2 aromatic carbocycles. The molecular formula is C20H22N2O4. The second-order valence-electron chi connectivity index (χ2n) is 5.61. The topological polar surface area (TPSA) is 80.6 Å². The Morgan fingerprint density at radius 1 is 1.08 bits per heavy atom. The van der Waals surface area contributed by atoms with Gasteiger partial charge in [0.25, 0.3) is 0 Å². The number of carbonyl (C=O) groups is 1. The molecule has 0 atom stereocenters. The summed E-state index contributed by atoms with van der Waals surface area (Å²) in [5.41, 5.74) is 2.03. The molecule has 2 rings (SSSR count). The lowest BCUT2D eigenvalue weighted by Gasteiger charge is -2.13. The van der Waals surface area contributed by atoms with E-state index < -0.39 is 0 Å². The Morgan fingerprint density at radius 2 is 1.81 bits per heavy atom. The van der Waals surface area contributed by atoms with E-state index in [1.54, 1.807) is 19.2 Å². The molecule has 6 heteroatoms. The number of ether oxygens (including phenoxy) is 3. The summed E-state index contributed by atoms with van der Waals surface area (Å²) in [5.74, 6) is 1.66. The zero-order valence-corrected chi connectivity index (χ0v) is 15.0. The lowest BCUT2D eigenvalue weighted by Crippen LogP contribution is -2.21. The Labute approximate surface area is 153 Å². The minimum atomic E-state index is -0.308. The molecule has 0 saturated carbocycles. The minimum absolute atomic E-state index is 0.157. The number of methoxy groups -OCH3 is 1. The van der Waals surface area contributed by atoms with Crippen molar-refractivity contribution in [2.75, 3.05) is 20.3 Å². The zero-order valence-electron chi connectivity index (χ0n) is 15.0. The van der Waals surface area contributed by atoms with Crippen molar-refractivity contribution in [3.05, 3.63) is 53.6 Å². The Kier molecular flexibility index (Phi) is 7.31. The van der Waals surface area contributed by atoms with E-state index in [1.807, 2.05) is 43.3 Å². The predicted octanol–water partition coefficient (Wildman–Crippen LogP) is 2.99. The van der Waals surface area contributed by atoms with E-state index in [-0.39, 0.29) is 12.3 Å². The summed E-state index contributed by atoms with van der Waals surface area (Å²) in [6, 6.07) is 15.0. The number of hydrogen-bond donors (Lipinski definition) is 1. The molecule has 0 aliphatic rings. The van der Waals surface area contributed by atoms with E-state index in [2.05, 4.69) is 5.32 Å². The molecule has 0 heterocycles. The molecular weight excluding hydrogens is 332 g/mol. The first-order valence-electron chi connectivity index (χ1n) is 8.25. The summed E-state index contributed by atoms with van der Waals surface area (Å²) in [6.07, 6.45) is -0.157. The first-order chi connectivity index (χ1) is 12.6. The molecule has 6 nitrogen and oxygen atoms in total. The van der Waals surface area contributed by atoms with Crippen LogP contribution >= 0.6 is 0 Å². The summed E-state index contributed by atoms with van der Waals surface area (Å²) < 4.78 is 16.7. The van der Waals surface area contributed by atoms with E-state index in [0.29, 0.717) is 31.3 Å². The van der Waals surface area contributed by atoms with E-state index in [4.69, 9.17) is 19.5 Å². The van der Waals surface area contributed by atoms with Crippen LogP contribution in [0, 0.1) is 18.3 Å². The number of amides is 1. The van der Waals surface area contributed by atoms with Gasteiger partial charge in [-0.1, -0.05) is 23.8 Å². The largest absolute Gasteiger partial charge is 0.493 e. The summed E-state index contributed by atoms with van der Waals surface area (Å²) in [4.78, 5) is 11.4. The van der Waals surface area contributed by atoms with Crippen LogP contribution in [0.25, 0.3) is 0 Å². The van der Waals surface area contributed by atoms with Crippen molar-refractivity contribution < 1.29 is 19.0 Å². The van der Waals surface area contributed by atoms with Gasteiger partial charge in [-0.25, -0.2) is 0 Å². The third-order valence-electron chi connectivity index (χ3n) is 3.59. The van der Waals surface area contributed by atoms with Gasteiger partial charge in [0, 0.05) is 6.54 Å². The van der Waals surface area contributed by atoms with E-state index in [1.165, 1.54) is 5.56 Å². The number of nitriles is 1. The van der Waals surface area contributed by atoms with Crippen molar-refractivity contribution in [3.63, 3.8) is 0 Å². The Bertz CT molecular complexity index is 766. The molecule has 2 aromatic rings. The predicted molar refractivity (Wildman–Crippen MR) is 97.2 cm³/mol. The number of rotatable bonds is 9. The van der Waals surface area contributed by atoms with Gasteiger partial charge in [-0.3, -0.25) is 4.79 Å². The normalized spacial score (nSPS) is 9.88. The number of carbonyl (C=O) groups excluding carboxylic acids is 1. The molecule has 0 saturated heterocycles. The molecule has 0 aliphatic heterocycles. The van der Waals surface area contributed by atoms with Crippen LogP contribution in [0.2, 0.25) is 0 Å². The maximum Gasteiger partial charge on any atom is 0.234 e. The molecule has 0 unspecified atom stereocenters. The van der Waals surface area contributed by atoms with Gasteiger partial charge in [0.05, 0.1) is 13.2 Å². The van der Waals surface area contributed by atoms with Crippen molar-refractivity contribution >= 4 is 5.91 Å². The minimum Gasteiger partial charge on any atom is -0.493 e. The molecule has 1 N–H and O–H groups in total. The highest BCUT2D eigenvalue weighted by Crippen LogP contribution is 2.28. The van der Waals surface area contributed by atoms with Crippen LogP contribution in [0.4, 0.5) is 0 Å². The third kappa shape index (κ3) is 6.02. The fourth-order valence-corrected chi connectivity index (χ4v) is 2.22. The van der Waals surface area contributed by atoms with Crippen LogP contribution < -0.4 is 19.5 Å². The second kappa shape index (κ2) is 9.94. The smallest absolute Gasteiger partial charge is 0.234 e. The molecule has 0 fully saturated rings. The highest BCUT2D eigenvalue weighted by atomic mass is 16.5. The molecule has 0 bridgehead atoms. The first kappa shape index (κ1) is 19.1. The van der Waals surface area contributed by atoms with Gasteiger partial charge in [0.2, 0.25) is 5.91 Å². The van der Waals surface area contributed by atoms with Gasteiger partial charge in [-0.2, -0.15) is 5.26 Å². The Morgan fingerprint density at radius 3 is 2.50 bits per heavy atom. The zero-order chi connectivity index (χ0) is 18.8. The van der Waals surface area contributed by atoms with Gasteiger partial charge >= 0.3 is 0 Å². The summed E-state index contributed by atoms with van der Waals surface area (Å²) in [6.45, 7) is 3.10. The number of nitrogens with one attached hydrogen (secondary N) is 1. The second-order valence-corrected chi connectivity index (χ2v) is 5.61. The number of hydrogen-bond acceptors (Lipinski definition) is 5. The molecule has 0 spiro atoms. The standard InChI is InChI=1S/C20H22N2O4/c1-15-3-6-17(7-4-15)25-11-12-26-19-13-16(5-8-18(19)24-2)14-22-20(23)9-10-21/h3-8,13H,9,11-12,14H2,1-2H3,(H,22,23). The maximum absolute atomic E-state index is 11.4. The van der Waals surface area contributed by atoms with Crippen molar-refractivity contribution in [2.45, 2.75) is 19.9 Å². The lowest BCUT2D eigenvalue weighted by molar-refractivity contribution is -0.120. The first-order valence-corrected chi connectivity index (χ1v) is 8.25. The molecule has 0 aliphatic carbocycles. The van der Waals surface area contributed by atoms with Crippen LogP contribution in [-0.2, 0) is 11.3 Å². The SMILES string of the molecule is COc1ccc(CNC(=O)CC#N)cc1OCCOc1ccc(C)cc1. The van der Waals surface area contributed by atoms with E-state index >= 15 is 0 Å². The fourth-order valence-electron chi connectivity index (χ4n) is 2.22. The number of aryl methyl sites for hydroxylation is 1. The lowest BCUT2D eigenvalue weighted by atomic mass is 10.2. The Balaban J connectivity index is 1.88. The molecule has 136 valence electrons. The fraction of sp³-hybridized carbons (Fsp3) is 0.300. The number of nitrogens with zero attached hydrogens (tertiary/aromatic N) is 1. The molecule has 1 amide bonds. The summed E-state index contributed by atoms with van der Waals surface area (Å²) >= 11 is 0. The third-order valence-corrected chi connectivity index (χ3v) is 3.59. The number of benzene rings is 2. The van der Waals surface area contributed by atoms with Gasteiger partial charge in [0.15, 0.2) is 11.5 Å². The van der Waals surface area contributed by atoms with E-state index in [9.17, 15) is 4.79 Å². The highest BCUT2D eigenvalue weighted by Gasteiger charge is 2.07. The average Bonchev–Trinajstić information content (AvgIpc) is 2.65. The molecule has 0 aromatic heterocycles. The van der Waals surface area contributed by atoms with Crippen molar-refractivity contribution in [2.24, 2.45) is 0 Å². The van der Waals surface area contributed by atoms with E-state index in [0.717, 1.165) is 11.3 Å². The van der Waals surface area contributed by atoms with Crippen molar-refractivity contribution in [3.8, 4) is 23.3 Å². The van der Waals surface area contributed by atoms with Gasteiger partial charge in [-0.05, 0) is 36.8 Å². The monoisotopic (exact) mass is 354 g/mol. The quantitative estimate of drug-likeness (QED) is 0.700. The average molecular weight is 354 g/mol. The van der Waals surface area contributed by atoms with Gasteiger partial charge in [-0.15, -0.1) is 0 Å². The van der Waals surface area contributed by atoms with Crippen LogP contribution in [0.15, 0.2) is 42.5 Å². The molecule has 0 radical (unpaired) electrons. The Hall–Kier alpha value is -3.20. The van der Waals surface area contributed by atoms with Gasteiger partial charge < -0.3 is 19.5 Å². The highest BCUT2D eigenvalue weighted by molar-refractivity contribution is 5.77. The maximum atomic E-state index is 11.4. The van der Waals surface area contributed by atoms with Crippen LogP contribution in [-0.4, -0.2) is 26.2 Å². The molecule has 26 heavy (non-hydrogen) atoms. The van der Waals surface area contributed by atoms with Crippen LogP contribution in [0.3, 0.4) is 0 Å².